The van der Waals surface area contributed by atoms with Crippen LogP contribution in [0.5, 0.6) is 11.5 Å². The number of amides is 5. The Morgan fingerprint density at radius 1 is 0.729 bits per heavy atom. The van der Waals surface area contributed by atoms with Gasteiger partial charge in [-0.05, 0) is 124 Å². The highest BCUT2D eigenvalue weighted by atomic mass is 16.5. The number of fused-ring (bicyclic) bond motifs is 2. The van der Waals surface area contributed by atoms with Gasteiger partial charge in [0.1, 0.15) is 17.5 Å². The Hall–Kier alpha value is -5.92. The minimum Gasteiger partial charge on any atom is -0.457 e. The van der Waals surface area contributed by atoms with Crippen LogP contribution in [0.3, 0.4) is 0 Å². The monoisotopic (exact) mass is 793 g/mol. The van der Waals surface area contributed by atoms with E-state index in [4.69, 9.17) is 15.5 Å². The van der Waals surface area contributed by atoms with Crippen molar-refractivity contribution in [2.45, 2.75) is 62.6 Å². The first-order valence-electron chi connectivity index (χ1n) is 20.9. The summed E-state index contributed by atoms with van der Waals surface area (Å²) < 4.78 is 5.97. The number of piperidine rings is 2. The fourth-order valence-corrected chi connectivity index (χ4v) is 10.4. The molecular weight excluding hydrogens is 747 g/mol. The van der Waals surface area contributed by atoms with Crippen molar-refractivity contribution in [1.82, 2.24) is 25.0 Å². The molecule has 2 unspecified atom stereocenters. The number of primary amides is 1. The fourth-order valence-electron chi connectivity index (χ4n) is 10.4. The Morgan fingerprint density at radius 3 is 2.12 bits per heavy atom. The second kappa shape index (κ2) is 15.0. The molecule has 10 rings (SSSR count). The minimum absolute atomic E-state index is 0.0996. The maximum atomic E-state index is 13.4. The zero-order valence-corrected chi connectivity index (χ0v) is 32.8. The molecule has 13 nitrogen and oxygen atoms in total. The third-order valence-electron chi connectivity index (χ3n) is 13.7. The van der Waals surface area contributed by atoms with Crippen molar-refractivity contribution in [3.8, 4) is 22.8 Å². The molecule has 4 saturated heterocycles. The van der Waals surface area contributed by atoms with Gasteiger partial charge in [-0.15, -0.1) is 0 Å². The maximum absolute atomic E-state index is 13.4. The topological polar surface area (TPSA) is 158 Å². The Balaban J connectivity index is 0.712. The number of anilines is 1. The highest BCUT2D eigenvalue weighted by Gasteiger charge is 2.48. The molecule has 302 valence electrons. The predicted octanol–water partition coefficient (Wildman–Crippen LogP) is 4.82. The van der Waals surface area contributed by atoms with E-state index in [2.05, 4.69) is 20.0 Å². The van der Waals surface area contributed by atoms with Gasteiger partial charge in [-0.1, -0.05) is 18.2 Å². The highest BCUT2D eigenvalue weighted by Crippen LogP contribution is 2.44. The molecule has 1 aromatic heterocycles. The third kappa shape index (κ3) is 6.95. The molecule has 0 radical (unpaired) electrons. The maximum Gasteiger partial charge on any atom is 0.262 e. The lowest BCUT2D eigenvalue weighted by Crippen LogP contribution is -2.59. The number of hydrogen-bond donors (Lipinski definition) is 2. The quantitative estimate of drug-likeness (QED) is 0.225. The van der Waals surface area contributed by atoms with E-state index in [1.165, 1.54) is 12.8 Å². The second-order valence-corrected chi connectivity index (χ2v) is 17.1. The van der Waals surface area contributed by atoms with Crippen molar-refractivity contribution in [3.63, 3.8) is 0 Å². The van der Waals surface area contributed by atoms with Crippen molar-refractivity contribution < 1.29 is 28.7 Å². The molecular formula is C46H47N7O6. The van der Waals surface area contributed by atoms with Crippen LogP contribution in [0.1, 0.15) is 81.2 Å². The number of pyridine rings is 1. The van der Waals surface area contributed by atoms with Gasteiger partial charge in [0, 0.05) is 67.5 Å². The Morgan fingerprint density at radius 2 is 1.42 bits per heavy atom. The third-order valence-corrected chi connectivity index (χ3v) is 13.7. The second-order valence-electron chi connectivity index (χ2n) is 17.1. The Labute approximate surface area is 342 Å². The Kier molecular flexibility index (Phi) is 9.52. The first kappa shape index (κ1) is 37.4. The molecule has 5 amide bonds. The summed E-state index contributed by atoms with van der Waals surface area (Å²) in [4.78, 5) is 76.7. The van der Waals surface area contributed by atoms with E-state index in [-0.39, 0.29) is 18.7 Å². The molecule has 3 N–H and O–H groups in total. The zero-order valence-electron chi connectivity index (χ0n) is 32.8. The van der Waals surface area contributed by atoms with Crippen molar-refractivity contribution >= 4 is 35.2 Å². The molecule has 5 aliphatic heterocycles. The number of benzene rings is 3. The van der Waals surface area contributed by atoms with E-state index in [0.717, 1.165) is 79.7 Å². The van der Waals surface area contributed by atoms with Gasteiger partial charge in [0.05, 0.1) is 22.4 Å². The van der Waals surface area contributed by atoms with Crippen molar-refractivity contribution in [2.75, 3.05) is 44.2 Å². The van der Waals surface area contributed by atoms with Gasteiger partial charge in [-0.25, -0.2) is 0 Å². The van der Waals surface area contributed by atoms with E-state index >= 15 is 0 Å². The summed E-state index contributed by atoms with van der Waals surface area (Å²) in [5, 5.41) is 2.25. The normalized spacial score (nSPS) is 25.2. The van der Waals surface area contributed by atoms with Gasteiger partial charge in [-0.3, -0.25) is 44.1 Å². The van der Waals surface area contributed by atoms with Crippen LogP contribution in [0.4, 0.5) is 5.69 Å². The lowest BCUT2D eigenvalue weighted by molar-refractivity contribution is -0.136. The first-order chi connectivity index (χ1) is 28.7. The van der Waals surface area contributed by atoms with Crippen LogP contribution in [-0.4, -0.2) is 107 Å². The van der Waals surface area contributed by atoms with Crippen LogP contribution in [0.2, 0.25) is 0 Å². The minimum atomic E-state index is -0.963. The van der Waals surface area contributed by atoms with E-state index in [1.54, 1.807) is 12.1 Å². The number of nitrogens with one attached hydrogen (secondary N) is 1. The number of nitrogens with two attached hydrogens (primary N) is 1. The van der Waals surface area contributed by atoms with Crippen LogP contribution >= 0.6 is 0 Å². The number of nitrogens with zero attached hydrogens (tertiary/aromatic N) is 5. The number of carbonyl (C=O) groups is 5. The van der Waals surface area contributed by atoms with Gasteiger partial charge in [0.25, 0.3) is 17.7 Å². The summed E-state index contributed by atoms with van der Waals surface area (Å²) in [6, 6.07) is 26.6. The number of rotatable bonds is 9. The summed E-state index contributed by atoms with van der Waals surface area (Å²) in [5.41, 5.74) is 10.2. The van der Waals surface area contributed by atoms with E-state index in [9.17, 15) is 24.0 Å². The SMILES string of the molecule is NC(=O)c1ccc(C2CCN(C3C[C@@H]4CN(C5CN(c6ccc7c(c6)C(=O)N(C6CCC(=O)NC6=O)C7=O)C5)C[C@@H]4C3)CC2)nc1-c1ccc(Oc2ccccc2)cc1. The molecule has 6 aliphatic rings. The largest absolute Gasteiger partial charge is 0.457 e. The number of imide groups is 2. The highest BCUT2D eigenvalue weighted by molar-refractivity contribution is 6.23. The van der Waals surface area contributed by atoms with Gasteiger partial charge in [0.15, 0.2) is 0 Å². The van der Waals surface area contributed by atoms with Gasteiger partial charge < -0.3 is 20.3 Å². The van der Waals surface area contributed by atoms with Crippen molar-refractivity contribution in [1.29, 1.82) is 0 Å². The number of para-hydroxylation sites is 1. The molecule has 0 bridgehead atoms. The molecule has 0 spiro atoms. The standard InChI is InChI=1S/C46H47N7O6/c47-43(55)37-12-13-39(48-42(37)28-6-9-35(10-7-28)59-34-4-2-1-3-5-34)27-16-18-50(19-17-27)32-20-29-23-51(24-30(29)21-32)33-25-52(26-33)31-8-11-36-38(22-31)46(58)53(45(36)57)40-14-15-41(54)49-44(40)56/h1-13,22,27,29-30,32-33,40H,14-21,23-26H2,(H2,47,55)(H,49,54,56)/t29-,30+,32?,40?. The molecule has 59 heavy (non-hydrogen) atoms. The van der Waals surface area contributed by atoms with Gasteiger partial charge in [-0.2, -0.15) is 0 Å². The fraction of sp³-hybridized carbons (Fsp3) is 0.391. The summed E-state index contributed by atoms with van der Waals surface area (Å²) >= 11 is 0. The van der Waals surface area contributed by atoms with Gasteiger partial charge in [0.2, 0.25) is 11.8 Å². The molecule has 13 heteroatoms. The average molecular weight is 794 g/mol. The van der Waals surface area contributed by atoms with Gasteiger partial charge >= 0.3 is 0 Å². The number of hydrogen-bond acceptors (Lipinski definition) is 10. The average Bonchev–Trinajstić information content (AvgIpc) is 3.88. The lowest BCUT2D eigenvalue weighted by atomic mass is 9.90. The zero-order chi connectivity index (χ0) is 40.4. The van der Waals surface area contributed by atoms with Crippen molar-refractivity contribution in [3.05, 3.63) is 107 Å². The Bertz CT molecular complexity index is 2330. The smallest absolute Gasteiger partial charge is 0.262 e. The van der Waals surface area contributed by atoms with E-state index < -0.39 is 29.7 Å². The lowest BCUT2D eigenvalue weighted by Gasteiger charge is -2.46. The summed E-state index contributed by atoms with van der Waals surface area (Å²) in [5.74, 6) is 0.758. The van der Waals surface area contributed by atoms with Crippen LogP contribution < -0.4 is 20.7 Å². The predicted molar refractivity (Wildman–Crippen MR) is 219 cm³/mol. The number of ether oxygens (including phenoxy) is 1. The van der Waals surface area contributed by atoms with Crippen LogP contribution in [0.15, 0.2) is 84.9 Å². The molecule has 3 aromatic carbocycles. The molecule has 1 saturated carbocycles. The molecule has 4 atom stereocenters. The van der Waals surface area contributed by atoms with Crippen LogP contribution in [-0.2, 0) is 9.59 Å². The van der Waals surface area contributed by atoms with Crippen LogP contribution in [0.25, 0.3) is 11.3 Å². The molecule has 1 aliphatic carbocycles. The molecule has 5 fully saturated rings. The van der Waals surface area contributed by atoms with E-state index in [0.29, 0.717) is 58.0 Å². The summed E-state index contributed by atoms with van der Waals surface area (Å²) in [6.45, 7) is 6.06. The van der Waals surface area contributed by atoms with Crippen LogP contribution in [0, 0.1) is 11.8 Å². The number of likely N-dealkylation sites (tertiary alicyclic amines) is 2. The number of carbonyl (C=O) groups excluding carboxylic acids is 5. The molecule has 4 aromatic rings. The summed E-state index contributed by atoms with van der Waals surface area (Å²) in [7, 11) is 0. The van der Waals surface area contributed by atoms with Crippen molar-refractivity contribution in [2.24, 2.45) is 17.6 Å². The number of aromatic nitrogens is 1. The first-order valence-corrected chi connectivity index (χ1v) is 20.9. The summed E-state index contributed by atoms with van der Waals surface area (Å²) in [6.07, 6.45) is 4.76. The molecule has 6 heterocycles. The van der Waals surface area contributed by atoms with E-state index in [1.807, 2.05) is 72.8 Å².